The summed E-state index contributed by atoms with van der Waals surface area (Å²) in [5.41, 5.74) is 1.47. The van der Waals surface area contributed by atoms with Crippen LogP contribution in [0, 0.1) is 5.92 Å². The lowest BCUT2D eigenvalue weighted by Gasteiger charge is -2.32. The van der Waals surface area contributed by atoms with Crippen LogP contribution in [-0.4, -0.2) is 59.1 Å². The van der Waals surface area contributed by atoms with Gasteiger partial charge in [-0.3, -0.25) is 14.7 Å². The van der Waals surface area contributed by atoms with Crippen LogP contribution in [0.4, 0.5) is 0 Å². The van der Waals surface area contributed by atoms with Crippen molar-refractivity contribution < 1.29 is 9.59 Å². The van der Waals surface area contributed by atoms with Gasteiger partial charge in [0.05, 0.1) is 6.04 Å². The van der Waals surface area contributed by atoms with E-state index in [2.05, 4.69) is 34.7 Å². The average molecular weight is 384 g/mol. The lowest BCUT2D eigenvalue weighted by atomic mass is 9.97. The number of halogens is 1. The van der Waals surface area contributed by atoms with Gasteiger partial charge in [0.15, 0.2) is 0 Å². The maximum absolute atomic E-state index is 12.7. The highest BCUT2D eigenvalue weighted by atomic mass is 35.5. The number of carbonyl (C=O) groups excluding carboxylic acids is 2. The normalized spacial score (nSPS) is 23.0. The molecule has 0 spiro atoms. The van der Waals surface area contributed by atoms with E-state index >= 15 is 0 Å². The molecule has 1 aromatic heterocycles. The number of piperidine rings is 1. The Morgan fingerprint density at radius 1 is 1.35 bits per heavy atom. The zero-order chi connectivity index (χ0) is 17.8. The van der Waals surface area contributed by atoms with E-state index in [0.29, 0.717) is 30.6 Å². The number of likely N-dealkylation sites (tertiary alicyclic amines) is 1. The molecule has 2 unspecified atom stereocenters. The molecular weight excluding hydrogens is 354 g/mol. The Morgan fingerprint density at radius 2 is 2.15 bits per heavy atom. The van der Waals surface area contributed by atoms with Gasteiger partial charge < -0.3 is 15.5 Å². The topological polar surface area (TPSA) is 90.1 Å². The summed E-state index contributed by atoms with van der Waals surface area (Å²) in [6.45, 7) is 7.14. The van der Waals surface area contributed by atoms with Gasteiger partial charge >= 0.3 is 0 Å². The summed E-state index contributed by atoms with van der Waals surface area (Å²) in [4.78, 5) is 26.7. The van der Waals surface area contributed by atoms with E-state index < -0.39 is 0 Å². The second kappa shape index (κ2) is 9.37. The van der Waals surface area contributed by atoms with Crippen LogP contribution in [0.5, 0.6) is 0 Å². The minimum absolute atomic E-state index is 0. The van der Waals surface area contributed by atoms with Crippen molar-refractivity contribution in [2.45, 2.75) is 51.5 Å². The SMILES string of the molecule is CC(C)c1cc(C(=O)N2CCCC(CNC(=O)C3CCCN3)C2)n[nH]1.Cl. The molecule has 2 aliphatic heterocycles. The van der Waals surface area contributed by atoms with Crippen molar-refractivity contribution in [3.8, 4) is 0 Å². The first-order valence-electron chi connectivity index (χ1n) is 9.40. The maximum Gasteiger partial charge on any atom is 0.274 e. The molecule has 2 aliphatic rings. The quantitative estimate of drug-likeness (QED) is 0.721. The van der Waals surface area contributed by atoms with Gasteiger partial charge in [0, 0.05) is 25.3 Å². The third-order valence-electron chi connectivity index (χ3n) is 5.19. The third-order valence-corrected chi connectivity index (χ3v) is 5.19. The van der Waals surface area contributed by atoms with Crippen molar-refractivity contribution in [3.63, 3.8) is 0 Å². The molecule has 3 heterocycles. The summed E-state index contributed by atoms with van der Waals surface area (Å²) in [6.07, 6.45) is 3.99. The summed E-state index contributed by atoms with van der Waals surface area (Å²) in [7, 11) is 0. The lowest BCUT2D eigenvalue weighted by Crippen LogP contribution is -2.46. The summed E-state index contributed by atoms with van der Waals surface area (Å²) in [5.74, 6) is 0.709. The first-order valence-corrected chi connectivity index (χ1v) is 9.40. The molecule has 0 aliphatic carbocycles. The fourth-order valence-electron chi connectivity index (χ4n) is 3.60. The predicted molar refractivity (Wildman–Crippen MR) is 103 cm³/mol. The molecule has 0 saturated carbocycles. The first-order chi connectivity index (χ1) is 12.0. The highest BCUT2D eigenvalue weighted by molar-refractivity contribution is 5.92. The predicted octanol–water partition coefficient (Wildman–Crippen LogP) is 1.68. The van der Waals surface area contributed by atoms with E-state index in [9.17, 15) is 9.59 Å². The van der Waals surface area contributed by atoms with Crippen LogP contribution in [0.2, 0.25) is 0 Å². The Balaban J connectivity index is 0.00000243. The molecular formula is C18H30ClN5O2. The highest BCUT2D eigenvalue weighted by Gasteiger charge is 2.27. The Hall–Kier alpha value is -1.60. The average Bonchev–Trinajstić information content (AvgIpc) is 3.30. The number of aromatic nitrogens is 2. The molecule has 2 saturated heterocycles. The number of hydrogen-bond acceptors (Lipinski definition) is 4. The zero-order valence-electron chi connectivity index (χ0n) is 15.6. The third kappa shape index (κ3) is 4.98. The number of carbonyl (C=O) groups is 2. The van der Waals surface area contributed by atoms with Gasteiger partial charge in [-0.15, -0.1) is 12.4 Å². The molecule has 3 N–H and O–H groups in total. The number of H-pyrrole nitrogens is 1. The molecule has 1 aromatic rings. The van der Waals surface area contributed by atoms with Crippen LogP contribution in [0.3, 0.4) is 0 Å². The first kappa shape index (κ1) is 20.7. The van der Waals surface area contributed by atoms with Gasteiger partial charge in [-0.25, -0.2) is 0 Å². The molecule has 2 amide bonds. The Labute approximate surface area is 161 Å². The number of nitrogens with one attached hydrogen (secondary N) is 3. The second-order valence-electron chi connectivity index (χ2n) is 7.52. The summed E-state index contributed by atoms with van der Waals surface area (Å²) in [6, 6.07) is 1.81. The van der Waals surface area contributed by atoms with E-state index in [1.807, 2.05) is 11.0 Å². The Kier molecular flexibility index (Phi) is 7.46. The highest BCUT2D eigenvalue weighted by Crippen LogP contribution is 2.19. The van der Waals surface area contributed by atoms with Gasteiger partial charge in [-0.1, -0.05) is 13.8 Å². The Morgan fingerprint density at radius 3 is 2.81 bits per heavy atom. The molecule has 2 fully saturated rings. The lowest BCUT2D eigenvalue weighted by molar-refractivity contribution is -0.123. The molecule has 146 valence electrons. The van der Waals surface area contributed by atoms with Gasteiger partial charge in [-0.2, -0.15) is 5.10 Å². The van der Waals surface area contributed by atoms with Crippen molar-refractivity contribution >= 4 is 24.2 Å². The molecule has 0 bridgehead atoms. The van der Waals surface area contributed by atoms with Gasteiger partial charge in [0.1, 0.15) is 5.69 Å². The van der Waals surface area contributed by atoms with Crippen LogP contribution < -0.4 is 10.6 Å². The minimum atomic E-state index is -0.0418. The summed E-state index contributed by atoms with van der Waals surface area (Å²) in [5, 5.41) is 13.4. The maximum atomic E-state index is 12.7. The van der Waals surface area contributed by atoms with Crippen LogP contribution in [0.25, 0.3) is 0 Å². The second-order valence-corrected chi connectivity index (χ2v) is 7.52. The van der Waals surface area contributed by atoms with E-state index in [4.69, 9.17) is 0 Å². The van der Waals surface area contributed by atoms with Crippen molar-refractivity contribution in [2.75, 3.05) is 26.2 Å². The van der Waals surface area contributed by atoms with E-state index in [1.165, 1.54) is 0 Å². The van der Waals surface area contributed by atoms with Crippen molar-refractivity contribution in [3.05, 3.63) is 17.5 Å². The van der Waals surface area contributed by atoms with Gasteiger partial charge in [0.25, 0.3) is 5.91 Å². The molecule has 7 nitrogen and oxygen atoms in total. The smallest absolute Gasteiger partial charge is 0.274 e. The van der Waals surface area contributed by atoms with Crippen molar-refractivity contribution in [1.82, 2.24) is 25.7 Å². The number of amides is 2. The van der Waals surface area contributed by atoms with Gasteiger partial charge in [0.2, 0.25) is 5.91 Å². The number of aromatic amines is 1. The molecule has 8 heteroatoms. The van der Waals surface area contributed by atoms with E-state index in [-0.39, 0.29) is 30.3 Å². The molecule has 3 rings (SSSR count). The largest absolute Gasteiger partial charge is 0.354 e. The molecule has 0 aromatic carbocycles. The van der Waals surface area contributed by atoms with Crippen LogP contribution in [0.1, 0.15) is 61.6 Å². The molecule has 2 atom stereocenters. The van der Waals surface area contributed by atoms with Crippen LogP contribution >= 0.6 is 12.4 Å². The van der Waals surface area contributed by atoms with Crippen molar-refractivity contribution in [2.24, 2.45) is 5.92 Å². The fraction of sp³-hybridized carbons (Fsp3) is 0.722. The zero-order valence-corrected chi connectivity index (χ0v) is 16.4. The number of rotatable bonds is 5. The monoisotopic (exact) mass is 383 g/mol. The molecule has 26 heavy (non-hydrogen) atoms. The van der Waals surface area contributed by atoms with Crippen molar-refractivity contribution in [1.29, 1.82) is 0 Å². The van der Waals surface area contributed by atoms with E-state index in [0.717, 1.165) is 44.5 Å². The number of nitrogens with zero attached hydrogens (tertiary/aromatic N) is 2. The summed E-state index contributed by atoms with van der Waals surface area (Å²) < 4.78 is 0. The fourth-order valence-corrected chi connectivity index (χ4v) is 3.60. The van der Waals surface area contributed by atoms with E-state index in [1.54, 1.807) is 0 Å². The standard InChI is InChI=1S/C18H29N5O2.ClH/c1-12(2)15-9-16(22-21-15)18(25)23-8-4-5-13(11-23)10-20-17(24)14-6-3-7-19-14;/h9,12-14,19H,3-8,10-11H2,1-2H3,(H,20,24)(H,21,22);1H. The molecule has 0 radical (unpaired) electrons. The Bertz CT molecular complexity index is 612. The van der Waals surface area contributed by atoms with Gasteiger partial charge in [-0.05, 0) is 50.1 Å². The van der Waals surface area contributed by atoms with Crippen LogP contribution in [-0.2, 0) is 4.79 Å². The summed E-state index contributed by atoms with van der Waals surface area (Å²) >= 11 is 0. The van der Waals surface area contributed by atoms with Crippen LogP contribution in [0.15, 0.2) is 6.07 Å². The number of hydrogen-bond donors (Lipinski definition) is 3. The minimum Gasteiger partial charge on any atom is -0.354 e.